The minimum Gasteiger partial charge on any atom is -0.371 e. The molecule has 5 heteroatoms. The van der Waals surface area contributed by atoms with Gasteiger partial charge in [0.15, 0.2) is 5.82 Å². The molecule has 2 aromatic heterocycles. The van der Waals surface area contributed by atoms with E-state index in [4.69, 9.17) is 16.3 Å². The Morgan fingerprint density at radius 2 is 2.22 bits per heavy atom. The Balaban J connectivity index is 2.11. The molecule has 0 fully saturated rings. The van der Waals surface area contributed by atoms with Gasteiger partial charge in [-0.1, -0.05) is 11.6 Å². The molecule has 1 aliphatic carbocycles. The van der Waals surface area contributed by atoms with Gasteiger partial charge in [0.05, 0.1) is 5.39 Å². The zero-order valence-corrected chi connectivity index (χ0v) is 12.1. The summed E-state index contributed by atoms with van der Waals surface area (Å²) >= 11 is 8.09. The fraction of sp³-hybridized carbons (Fsp3) is 0.538. The molecule has 3 nitrogen and oxygen atoms in total. The molecule has 2 aromatic rings. The first-order valence-electron chi connectivity index (χ1n) is 6.30. The lowest BCUT2D eigenvalue weighted by Gasteiger charge is -2.10. The van der Waals surface area contributed by atoms with Crippen LogP contribution in [-0.4, -0.2) is 16.6 Å². The number of rotatable bonds is 3. The van der Waals surface area contributed by atoms with E-state index in [1.165, 1.54) is 16.9 Å². The third-order valence-electron chi connectivity index (χ3n) is 3.32. The van der Waals surface area contributed by atoms with E-state index in [-0.39, 0.29) is 6.10 Å². The molecule has 2 heterocycles. The lowest BCUT2D eigenvalue weighted by Crippen LogP contribution is -2.05. The van der Waals surface area contributed by atoms with E-state index in [0.717, 1.165) is 23.1 Å². The number of fused-ring (bicyclic) bond motifs is 3. The van der Waals surface area contributed by atoms with Crippen molar-refractivity contribution < 1.29 is 4.74 Å². The Kier molecular flexibility index (Phi) is 3.26. The number of aromatic nitrogens is 2. The molecular formula is C13H15ClN2OS. The third kappa shape index (κ3) is 1.92. The Morgan fingerprint density at radius 3 is 3.00 bits per heavy atom. The van der Waals surface area contributed by atoms with E-state index >= 15 is 0 Å². The van der Waals surface area contributed by atoms with E-state index in [9.17, 15) is 0 Å². The van der Waals surface area contributed by atoms with Crippen molar-refractivity contribution in [1.82, 2.24) is 9.97 Å². The van der Waals surface area contributed by atoms with Crippen LogP contribution >= 0.6 is 22.9 Å². The van der Waals surface area contributed by atoms with Crippen molar-refractivity contribution in [2.24, 2.45) is 0 Å². The molecule has 0 N–H and O–H groups in total. The Bertz CT molecular complexity index is 596. The molecule has 1 unspecified atom stereocenters. The van der Waals surface area contributed by atoms with Gasteiger partial charge in [0.25, 0.3) is 0 Å². The van der Waals surface area contributed by atoms with Gasteiger partial charge in [-0.2, -0.15) is 0 Å². The average molecular weight is 283 g/mol. The molecule has 1 atom stereocenters. The first kappa shape index (κ1) is 12.3. The van der Waals surface area contributed by atoms with Crippen molar-refractivity contribution in [1.29, 1.82) is 0 Å². The zero-order valence-electron chi connectivity index (χ0n) is 10.5. The van der Waals surface area contributed by atoms with Crippen molar-refractivity contribution in [3.63, 3.8) is 0 Å². The van der Waals surface area contributed by atoms with E-state index in [2.05, 4.69) is 9.97 Å². The highest BCUT2D eigenvalue weighted by Crippen LogP contribution is 2.39. The lowest BCUT2D eigenvalue weighted by atomic mass is 10.2. The molecule has 3 rings (SSSR count). The summed E-state index contributed by atoms with van der Waals surface area (Å²) in [7, 11) is 0. The molecule has 1 aliphatic rings. The van der Waals surface area contributed by atoms with Crippen molar-refractivity contribution in [3.8, 4) is 0 Å². The van der Waals surface area contributed by atoms with Crippen LogP contribution in [0.5, 0.6) is 0 Å². The minimum absolute atomic E-state index is 0.103. The standard InChI is InChI=1S/C13H15ClN2OS/c1-3-17-7(2)12-15-11(14)10-8-5-4-6-9(8)18-13(10)16-12/h7H,3-6H2,1-2H3. The van der Waals surface area contributed by atoms with Gasteiger partial charge in [-0.25, -0.2) is 9.97 Å². The van der Waals surface area contributed by atoms with Crippen LogP contribution in [0.15, 0.2) is 0 Å². The number of halogens is 1. The van der Waals surface area contributed by atoms with Crippen LogP contribution in [0, 0.1) is 0 Å². The van der Waals surface area contributed by atoms with Gasteiger partial charge in [0.1, 0.15) is 16.1 Å². The highest BCUT2D eigenvalue weighted by atomic mass is 35.5. The molecule has 18 heavy (non-hydrogen) atoms. The van der Waals surface area contributed by atoms with Crippen molar-refractivity contribution in [3.05, 3.63) is 21.4 Å². The van der Waals surface area contributed by atoms with Crippen LogP contribution in [0.3, 0.4) is 0 Å². The van der Waals surface area contributed by atoms with E-state index in [0.29, 0.717) is 17.6 Å². The molecule has 0 aromatic carbocycles. The van der Waals surface area contributed by atoms with Crippen LogP contribution in [0.25, 0.3) is 10.2 Å². The Morgan fingerprint density at radius 1 is 1.39 bits per heavy atom. The fourth-order valence-electron chi connectivity index (χ4n) is 2.47. The summed E-state index contributed by atoms with van der Waals surface area (Å²) in [5.74, 6) is 0.689. The van der Waals surface area contributed by atoms with Crippen LogP contribution in [-0.2, 0) is 17.6 Å². The maximum atomic E-state index is 6.33. The normalized spacial score (nSPS) is 16.2. The maximum absolute atomic E-state index is 6.33. The molecule has 96 valence electrons. The van der Waals surface area contributed by atoms with E-state index in [1.54, 1.807) is 11.3 Å². The van der Waals surface area contributed by atoms with Crippen LogP contribution < -0.4 is 0 Å². The second-order valence-electron chi connectivity index (χ2n) is 4.51. The van der Waals surface area contributed by atoms with Crippen molar-refractivity contribution in [2.75, 3.05) is 6.61 Å². The minimum atomic E-state index is -0.103. The number of aryl methyl sites for hydroxylation is 2. The molecule has 0 spiro atoms. The highest BCUT2D eigenvalue weighted by Gasteiger charge is 2.22. The SMILES string of the molecule is CCOC(C)c1nc(Cl)c2c3c(sc2n1)CCC3. The first-order chi connectivity index (χ1) is 8.70. The molecule has 0 radical (unpaired) electrons. The monoisotopic (exact) mass is 282 g/mol. The number of hydrogen-bond acceptors (Lipinski definition) is 4. The van der Waals surface area contributed by atoms with Gasteiger partial charge >= 0.3 is 0 Å². The summed E-state index contributed by atoms with van der Waals surface area (Å²) in [6, 6.07) is 0. The van der Waals surface area contributed by atoms with Gasteiger partial charge in [0.2, 0.25) is 0 Å². The predicted molar refractivity (Wildman–Crippen MR) is 74.5 cm³/mol. The Hall–Kier alpha value is -0.710. The van der Waals surface area contributed by atoms with Gasteiger partial charge in [-0.15, -0.1) is 11.3 Å². The molecule has 0 saturated heterocycles. The summed E-state index contributed by atoms with van der Waals surface area (Å²) in [6.07, 6.45) is 3.39. The number of hydrogen-bond donors (Lipinski definition) is 0. The summed E-state index contributed by atoms with van der Waals surface area (Å²) in [5.41, 5.74) is 1.37. The second-order valence-corrected chi connectivity index (χ2v) is 5.95. The molecule has 0 saturated carbocycles. The third-order valence-corrected chi connectivity index (χ3v) is 4.78. The van der Waals surface area contributed by atoms with Crippen molar-refractivity contribution >= 4 is 33.2 Å². The smallest absolute Gasteiger partial charge is 0.160 e. The predicted octanol–water partition coefficient (Wildman–Crippen LogP) is 3.93. The van der Waals surface area contributed by atoms with Crippen LogP contribution in [0.1, 0.15) is 42.6 Å². The quantitative estimate of drug-likeness (QED) is 0.800. The number of nitrogens with zero attached hydrogens (tertiary/aromatic N) is 2. The first-order valence-corrected chi connectivity index (χ1v) is 7.49. The van der Waals surface area contributed by atoms with Crippen LogP contribution in [0.2, 0.25) is 5.15 Å². The largest absolute Gasteiger partial charge is 0.371 e. The van der Waals surface area contributed by atoms with Gasteiger partial charge < -0.3 is 4.74 Å². The van der Waals surface area contributed by atoms with E-state index in [1.807, 2.05) is 13.8 Å². The fourth-order valence-corrected chi connectivity index (χ4v) is 4.09. The van der Waals surface area contributed by atoms with Gasteiger partial charge in [0, 0.05) is 11.5 Å². The summed E-state index contributed by atoms with van der Waals surface area (Å²) in [5, 5.41) is 1.66. The van der Waals surface area contributed by atoms with Crippen molar-refractivity contribution in [2.45, 2.75) is 39.2 Å². The topological polar surface area (TPSA) is 35.0 Å². The second kappa shape index (κ2) is 4.76. The zero-order chi connectivity index (χ0) is 12.7. The average Bonchev–Trinajstić information content (AvgIpc) is 2.88. The van der Waals surface area contributed by atoms with Gasteiger partial charge in [-0.05, 0) is 38.7 Å². The molecular weight excluding hydrogens is 268 g/mol. The molecule has 0 aliphatic heterocycles. The van der Waals surface area contributed by atoms with Gasteiger partial charge in [-0.3, -0.25) is 0 Å². The lowest BCUT2D eigenvalue weighted by molar-refractivity contribution is 0.0703. The highest BCUT2D eigenvalue weighted by molar-refractivity contribution is 7.19. The maximum Gasteiger partial charge on any atom is 0.160 e. The Labute approximate surface area is 115 Å². The number of ether oxygens (including phenoxy) is 1. The number of thiophene rings is 1. The summed E-state index contributed by atoms with van der Waals surface area (Å²) < 4.78 is 5.53. The summed E-state index contributed by atoms with van der Waals surface area (Å²) in [6.45, 7) is 4.58. The summed E-state index contributed by atoms with van der Waals surface area (Å²) in [4.78, 5) is 11.5. The van der Waals surface area contributed by atoms with Crippen LogP contribution in [0.4, 0.5) is 0 Å². The van der Waals surface area contributed by atoms with E-state index < -0.39 is 0 Å². The molecule has 0 amide bonds. The molecule has 0 bridgehead atoms.